The van der Waals surface area contributed by atoms with Crippen LogP contribution in [0.2, 0.25) is 0 Å². The van der Waals surface area contributed by atoms with Crippen LogP contribution in [-0.4, -0.2) is 34.7 Å². The maximum absolute atomic E-state index is 14.2. The Morgan fingerprint density at radius 1 is 1.07 bits per heavy atom. The van der Waals surface area contributed by atoms with Crippen molar-refractivity contribution < 1.29 is 18.8 Å². The third-order valence-electron chi connectivity index (χ3n) is 5.56. The average molecular weight is 394 g/mol. The predicted octanol–water partition coefficient (Wildman–Crippen LogP) is 3.89. The van der Waals surface area contributed by atoms with Crippen molar-refractivity contribution in [2.24, 2.45) is 0 Å². The Morgan fingerprint density at radius 3 is 2.31 bits per heavy atom. The minimum Gasteiger partial charge on any atom is -0.323 e. The number of benzene rings is 2. The standard InChI is InChI=1S/C23H23FN2O3/c1-14(2)15-7-9-17(10-8-15)26-21(27)13-20(23(26)29)25(16-11-12-16)22(28)18-5-3-4-6-19(18)24/h3-10,14,16,20H,11-13H2,1-2H3. The van der Waals surface area contributed by atoms with E-state index in [1.807, 2.05) is 12.1 Å². The van der Waals surface area contributed by atoms with Crippen LogP contribution in [0.4, 0.5) is 10.1 Å². The molecule has 1 unspecified atom stereocenters. The van der Waals surface area contributed by atoms with Crippen molar-refractivity contribution in [1.29, 1.82) is 0 Å². The van der Waals surface area contributed by atoms with Crippen molar-refractivity contribution in [3.8, 4) is 0 Å². The van der Waals surface area contributed by atoms with Gasteiger partial charge in [0.1, 0.15) is 11.9 Å². The highest BCUT2D eigenvalue weighted by Crippen LogP contribution is 2.35. The van der Waals surface area contributed by atoms with Gasteiger partial charge < -0.3 is 4.90 Å². The number of carbonyl (C=O) groups excluding carboxylic acids is 3. The van der Waals surface area contributed by atoms with E-state index in [0.717, 1.165) is 23.3 Å². The molecule has 2 fully saturated rings. The maximum Gasteiger partial charge on any atom is 0.257 e. The molecule has 5 nitrogen and oxygen atoms in total. The van der Waals surface area contributed by atoms with E-state index in [1.54, 1.807) is 18.2 Å². The molecule has 3 amide bonds. The van der Waals surface area contributed by atoms with Gasteiger partial charge in [0.2, 0.25) is 5.91 Å². The summed E-state index contributed by atoms with van der Waals surface area (Å²) in [5, 5.41) is 0. The molecule has 0 aromatic heterocycles. The van der Waals surface area contributed by atoms with E-state index in [0.29, 0.717) is 11.6 Å². The van der Waals surface area contributed by atoms with Crippen molar-refractivity contribution in [2.45, 2.75) is 51.1 Å². The lowest BCUT2D eigenvalue weighted by Gasteiger charge is -2.28. The molecular weight excluding hydrogens is 371 g/mol. The summed E-state index contributed by atoms with van der Waals surface area (Å²) >= 11 is 0. The van der Waals surface area contributed by atoms with Crippen LogP contribution in [0.15, 0.2) is 48.5 Å². The molecule has 0 N–H and O–H groups in total. The van der Waals surface area contributed by atoms with E-state index in [-0.39, 0.29) is 23.9 Å². The van der Waals surface area contributed by atoms with Gasteiger partial charge >= 0.3 is 0 Å². The molecule has 1 aliphatic heterocycles. The number of amides is 3. The molecule has 2 aromatic carbocycles. The van der Waals surface area contributed by atoms with Crippen LogP contribution in [0.5, 0.6) is 0 Å². The minimum atomic E-state index is -0.896. The van der Waals surface area contributed by atoms with Crippen molar-refractivity contribution in [1.82, 2.24) is 4.90 Å². The summed E-state index contributed by atoms with van der Waals surface area (Å²) in [4.78, 5) is 41.5. The second-order valence-electron chi connectivity index (χ2n) is 7.96. The first-order chi connectivity index (χ1) is 13.9. The number of carbonyl (C=O) groups is 3. The quantitative estimate of drug-likeness (QED) is 0.723. The molecule has 29 heavy (non-hydrogen) atoms. The van der Waals surface area contributed by atoms with Crippen LogP contribution in [0.1, 0.15) is 54.9 Å². The van der Waals surface area contributed by atoms with Gasteiger partial charge in [-0.25, -0.2) is 9.29 Å². The Labute approximate surface area is 169 Å². The van der Waals surface area contributed by atoms with E-state index in [4.69, 9.17) is 0 Å². The highest BCUT2D eigenvalue weighted by atomic mass is 19.1. The lowest BCUT2D eigenvalue weighted by atomic mass is 10.0. The van der Waals surface area contributed by atoms with Gasteiger partial charge in [0.15, 0.2) is 0 Å². The summed E-state index contributed by atoms with van der Waals surface area (Å²) in [6, 6.07) is 12.0. The molecule has 4 rings (SSSR count). The normalized spacial score (nSPS) is 19.2. The van der Waals surface area contributed by atoms with E-state index >= 15 is 0 Å². The summed E-state index contributed by atoms with van der Waals surface area (Å²) in [5.41, 5.74) is 1.54. The number of halogens is 1. The molecule has 1 atom stereocenters. The van der Waals surface area contributed by atoms with Gasteiger partial charge in [0, 0.05) is 6.04 Å². The fourth-order valence-electron chi connectivity index (χ4n) is 3.80. The van der Waals surface area contributed by atoms with E-state index in [1.165, 1.54) is 23.1 Å². The molecule has 1 saturated carbocycles. The van der Waals surface area contributed by atoms with Crippen molar-refractivity contribution in [2.75, 3.05) is 4.90 Å². The number of hydrogen-bond acceptors (Lipinski definition) is 3. The third kappa shape index (κ3) is 3.55. The highest BCUT2D eigenvalue weighted by molar-refractivity contribution is 6.23. The van der Waals surface area contributed by atoms with Gasteiger partial charge in [-0.1, -0.05) is 38.1 Å². The van der Waals surface area contributed by atoms with E-state index < -0.39 is 23.7 Å². The van der Waals surface area contributed by atoms with Crippen molar-refractivity contribution in [3.63, 3.8) is 0 Å². The van der Waals surface area contributed by atoms with E-state index in [9.17, 15) is 18.8 Å². The molecule has 2 aliphatic rings. The fraction of sp³-hybridized carbons (Fsp3) is 0.348. The molecular formula is C23H23FN2O3. The van der Waals surface area contributed by atoms with Crippen LogP contribution in [0, 0.1) is 5.82 Å². The summed E-state index contributed by atoms with van der Waals surface area (Å²) in [5.74, 6) is -1.59. The van der Waals surface area contributed by atoms with Crippen LogP contribution in [-0.2, 0) is 9.59 Å². The summed E-state index contributed by atoms with van der Waals surface area (Å²) < 4.78 is 14.2. The summed E-state index contributed by atoms with van der Waals surface area (Å²) in [7, 11) is 0. The number of imide groups is 1. The molecule has 1 aliphatic carbocycles. The van der Waals surface area contributed by atoms with Crippen molar-refractivity contribution >= 4 is 23.4 Å². The van der Waals surface area contributed by atoms with Crippen LogP contribution in [0.25, 0.3) is 0 Å². The molecule has 1 saturated heterocycles. The third-order valence-corrected chi connectivity index (χ3v) is 5.56. The predicted molar refractivity (Wildman–Crippen MR) is 107 cm³/mol. The topological polar surface area (TPSA) is 57.7 Å². The van der Waals surface area contributed by atoms with Gasteiger partial charge in [0.25, 0.3) is 11.8 Å². The first-order valence-electron chi connectivity index (χ1n) is 9.92. The van der Waals surface area contributed by atoms with Gasteiger partial charge in [-0.2, -0.15) is 0 Å². The zero-order chi connectivity index (χ0) is 20.7. The Bertz CT molecular complexity index is 966. The molecule has 0 spiro atoms. The number of rotatable bonds is 5. The first-order valence-corrected chi connectivity index (χ1v) is 9.92. The average Bonchev–Trinajstić information content (AvgIpc) is 3.48. The Hall–Kier alpha value is -3.02. The maximum atomic E-state index is 14.2. The number of hydrogen-bond donors (Lipinski definition) is 0. The minimum absolute atomic E-state index is 0.0700. The van der Waals surface area contributed by atoms with Crippen LogP contribution >= 0.6 is 0 Å². The van der Waals surface area contributed by atoms with Crippen molar-refractivity contribution in [3.05, 3.63) is 65.5 Å². The summed E-state index contributed by atoms with van der Waals surface area (Å²) in [6.07, 6.45) is 1.42. The number of nitrogens with zero attached hydrogens (tertiary/aromatic N) is 2. The Morgan fingerprint density at radius 2 is 1.72 bits per heavy atom. The number of anilines is 1. The first kappa shape index (κ1) is 19.3. The lowest BCUT2D eigenvalue weighted by molar-refractivity contribution is -0.122. The molecule has 0 radical (unpaired) electrons. The second-order valence-corrected chi connectivity index (χ2v) is 7.96. The fourth-order valence-corrected chi connectivity index (χ4v) is 3.80. The molecule has 1 heterocycles. The summed E-state index contributed by atoms with van der Waals surface area (Å²) in [6.45, 7) is 4.14. The van der Waals surface area contributed by atoms with Gasteiger partial charge in [-0.3, -0.25) is 14.4 Å². The largest absolute Gasteiger partial charge is 0.323 e. The van der Waals surface area contributed by atoms with Gasteiger partial charge in [-0.05, 0) is 48.6 Å². The van der Waals surface area contributed by atoms with Crippen LogP contribution in [0.3, 0.4) is 0 Å². The molecule has 6 heteroatoms. The van der Waals surface area contributed by atoms with Gasteiger partial charge in [-0.15, -0.1) is 0 Å². The smallest absolute Gasteiger partial charge is 0.257 e. The highest BCUT2D eigenvalue weighted by Gasteiger charge is 2.49. The monoisotopic (exact) mass is 394 g/mol. The zero-order valence-corrected chi connectivity index (χ0v) is 16.5. The van der Waals surface area contributed by atoms with E-state index in [2.05, 4.69) is 13.8 Å². The molecule has 0 bridgehead atoms. The molecule has 2 aromatic rings. The lowest BCUT2D eigenvalue weighted by Crippen LogP contribution is -2.47. The molecule has 150 valence electrons. The Kier molecular flexibility index (Phi) is 4.94. The second kappa shape index (κ2) is 7.43. The zero-order valence-electron chi connectivity index (χ0n) is 16.5. The van der Waals surface area contributed by atoms with Crippen LogP contribution < -0.4 is 4.90 Å². The SMILES string of the molecule is CC(C)c1ccc(N2C(=O)CC(N(C(=O)c3ccccc3F)C3CC3)C2=O)cc1. The van der Waals surface area contributed by atoms with Gasteiger partial charge in [0.05, 0.1) is 17.7 Å². The Balaban J connectivity index is 1.62.